The van der Waals surface area contributed by atoms with Crippen molar-refractivity contribution in [3.63, 3.8) is 0 Å². The summed E-state index contributed by atoms with van der Waals surface area (Å²) in [5, 5.41) is 13.9. The number of hydrogen-bond acceptors (Lipinski definition) is 5. The molecule has 22 heavy (non-hydrogen) atoms. The third-order valence-corrected chi connectivity index (χ3v) is 3.22. The number of nitrogens with zero attached hydrogens (tertiary/aromatic N) is 4. The van der Waals surface area contributed by atoms with Crippen molar-refractivity contribution in [3.8, 4) is 5.75 Å². The molecule has 1 N–H and O–H groups in total. The zero-order valence-electron chi connectivity index (χ0n) is 13.1. The highest BCUT2D eigenvalue weighted by atomic mass is 16.5. The Morgan fingerprint density at radius 1 is 1.32 bits per heavy atom. The molecule has 118 valence electrons. The molecule has 7 nitrogen and oxygen atoms in total. The average molecular weight is 303 g/mol. The van der Waals surface area contributed by atoms with E-state index in [1.807, 2.05) is 13.8 Å². The van der Waals surface area contributed by atoms with Crippen LogP contribution in [0.25, 0.3) is 0 Å². The Balaban J connectivity index is 2.02. The largest absolute Gasteiger partial charge is 0.491 e. The molecule has 0 aliphatic carbocycles. The van der Waals surface area contributed by atoms with Crippen molar-refractivity contribution in [2.45, 2.75) is 46.3 Å². The van der Waals surface area contributed by atoms with Crippen molar-refractivity contribution in [1.82, 2.24) is 20.2 Å². The molecule has 1 amide bonds. The quantitative estimate of drug-likeness (QED) is 0.850. The van der Waals surface area contributed by atoms with Crippen molar-refractivity contribution in [3.05, 3.63) is 29.8 Å². The molecule has 0 aliphatic rings. The van der Waals surface area contributed by atoms with E-state index in [-0.39, 0.29) is 12.0 Å². The summed E-state index contributed by atoms with van der Waals surface area (Å²) in [7, 11) is 0. The number of carbonyl (C=O) groups is 1. The Kier molecular flexibility index (Phi) is 5.46. The summed E-state index contributed by atoms with van der Waals surface area (Å²) in [4.78, 5) is 12.2. The van der Waals surface area contributed by atoms with Crippen molar-refractivity contribution in [1.29, 1.82) is 0 Å². The number of ether oxygens (including phenoxy) is 1. The summed E-state index contributed by atoms with van der Waals surface area (Å²) in [6, 6.07) is 7.02. The minimum atomic E-state index is -0.248. The van der Waals surface area contributed by atoms with Gasteiger partial charge in [-0.3, -0.25) is 10.1 Å². The summed E-state index contributed by atoms with van der Waals surface area (Å²) in [6.45, 7) is 6.74. The molecule has 0 aliphatic heterocycles. The maximum atomic E-state index is 12.2. The molecule has 2 rings (SSSR count). The average Bonchev–Trinajstić information content (AvgIpc) is 2.95. The lowest BCUT2D eigenvalue weighted by Crippen LogP contribution is -2.16. The zero-order chi connectivity index (χ0) is 15.9. The van der Waals surface area contributed by atoms with Crippen LogP contribution in [0.15, 0.2) is 24.3 Å². The smallest absolute Gasteiger partial charge is 0.258 e. The topological polar surface area (TPSA) is 81.9 Å². The van der Waals surface area contributed by atoms with Gasteiger partial charge in [0.25, 0.3) is 5.91 Å². The molecular formula is C15H21N5O2. The number of nitrogens with one attached hydrogen (secondary N) is 1. The second-order valence-electron chi connectivity index (χ2n) is 5.04. The van der Waals surface area contributed by atoms with E-state index in [0.717, 1.165) is 18.6 Å². The molecule has 0 fully saturated rings. The fourth-order valence-corrected chi connectivity index (χ4v) is 1.83. The first-order valence-electron chi connectivity index (χ1n) is 7.48. The monoisotopic (exact) mass is 303 g/mol. The van der Waals surface area contributed by atoms with E-state index in [1.54, 1.807) is 28.9 Å². The molecule has 1 aromatic heterocycles. The van der Waals surface area contributed by atoms with Gasteiger partial charge in [-0.1, -0.05) is 18.9 Å². The maximum absolute atomic E-state index is 12.2. The van der Waals surface area contributed by atoms with Gasteiger partial charge >= 0.3 is 0 Å². The standard InChI is InChI=1S/C15H21N5O2/c1-4-10-20-15(17-18-19-20)16-14(21)12-6-8-13(9-7-12)22-11(3)5-2/h6-9,11H,4-5,10H2,1-3H3,(H,16,17,19,21)/t11-/m0/s1. The minimum Gasteiger partial charge on any atom is -0.491 e. The van der Waals surface area contributed by atoms with Crippen LogP contribution in [0.2, 0.25) is 0 Å². The Labute approximate surface area is 129 Å². The van der Waals surface area contributed by atoms with Crippen LogP contribution in [0.1, 0.15) is 44.0 Å². The first kappa shape index (κ1) is 15.9. The number of tetrazole rings is 1. The van der Waals surface area contributed by atoms with E-state index < -0.39 is 0 Å². The molecule has 0 spiro atoms. The van der Waals surface area contributed by atoms with Crippen LogP contribution in [0.5, 0.6) is 5.75 Å². The number of amides is 1. The SMILES string of the molecule is CCCn1nnnc1NC(=O)c1ccc(O[C@@H](C)CC)cc1. The molecule has 0 saturated heterocycles. The van der Waals surface area contributed by atoms with E-state index in [2.05, 4.69) is 27.8 Å². The van der Waals surface area contributed by atoms with Crippen LogP contribution in [0.3, 0.4) is 0 Å². The minimum absolute atomic E-state index is 0.151. The van der Waals surface area contributed by atoms with Crippen LogP contribution in [-0.2, 0) is 6.54 Å². The van der Waals surface area contributed by atoms with Gasteiger partial charge in [0.1, 0.15) is 5.75 Å². The summed E-state index contributed by atoms with van der Waals surface area (Å²) in [6.07, 6.45) is 1.97. The third-order valence-electron chi connectivity index (χ3n) is 3.22. The van der Waals surface area contributed by atoms with Gasteiger partial charge in [-0.25, -0.2) is 4.68 Å². The Morgan fingerprint density at radius 2 is 2.05 bits per heavy atom. The van der Waals surface area contributed by atoms with E-state index in [9.17, 15) is 4.79 Å². The van der Waals surface area contributed by atoms with Crippen molar-refractivity contribution in [2.75, 3.05) is 5.32 Å². The molecule has 0 unspecified atom stereocenters. The number of aryl methyl sites for hydroxylation is 1. The molecule has 1 heterocycles. The van der Waals surface area contributed by atoms with Crippen LogP contribution in [0, 0.1) is 0 Å². The highest BCUT2D eigenvalue weighted by Crippen LogP contribution is 2.15. The second-order valence-corrected chi connectivity index (χ2v) is 5.04. The summed E-state index contributed by atoms with van der Waals surface area (Å²) in [5.74, 6) is 0.857. The van der Waals surface area contributed by atoms with Gasteiger partial charge in [0, 0.05) is 12.1 Å². The zero-order valence-corrected chi connectivity index (χ0v) is 13.1. The van der Waals surface area contributed by atoms with E-state index >= 15 is 0 Å². The van der Waals surface area contributed by atoms with Crippen molar-refractivity contribution in [2.24, 2.45) is 0 Å². The number of anilines is 1. The fraction of sp³-hybridized carbons (Fsp3) is 0.467. The second kappa shape index (κ2) is 7.53. The first-order valence-corrected chi connectivity index (χ1v) is 7.48. The summed E-state index contributed by atoms with van der Waals surface area (Å²) in [5.41, 5.74) is 0.530. The summed E-state index contributed by atoms with van der Waals surface area (Å²) >= 11 is 0. The molecule has 0 saturated carbocycles. The number of benzene rings is 1. The highest BCUT2D eigenvalue weighted by Gasteiger charge is 2.12. The van der Waals surface area contributed by atoms with Crippen LogP contribution < -0.4 is 10.1 Å². The van der Waals surface area contributed by atoms with Gasteiger partial charge in [-0.15, -0.1) is 0 Å². The lowest BCUT2D eigenvalue weighted by Gasteiger charge is -2.12. The van der Waals surface area contributed by atoms with Gasteiger partial charge < -0.3 is 4.74 Å². The van der Waals surface area contributed by atoms with Crippen molar-refractivity contribution < 1.29 is 9.53 Å². The molecular weight excluding hydrogens is 282 g/mol. The Bertz CT molecular complexity index is 609. The number of hydrogen-bond donors (Lipinski definition) is 1. The van der Waals surface area contributed by atoms with E-state index in [4.69, 9.17) is 4.74 Å². The highest BCUT2D eigenvalue weighted by molar-refractivity contribution is 6.03. The van der Waals surface area contributed by atoms with E-state index in [1.165, 1.54) is 0 Å². The fourth-order valence-electron chi connectivity index (χ4n) is 1.83. The third kappa shape index (κ3) is 4.03. The lowest BCUT2D eigenvalue weighted by atomic mass is 10.2. The molecule has 7 heteroatoms. The van der Waals surface area contributed by atoms with Crippen LogP contribution >= 0.6 is 0 Å². The predicted molar refractivity (Wildman–Crippen MR) is 82.9 cm³/mol. The molecule has 0 radical (unpaired) electrons. The van der Waals surface area contributed by atoms with Gasteiger partial charge in [0.15, 0.2) is 0 Å². The molecule has 1 aromatic carbocycles. The van der Waals surface area contributed by atoms with Crippen LogP contribution in [-0.4, -0.2) is 32.2 Å². The van der Waals surface area contributed by atoms with Gasteiger partial charge in [-0.05, 0) is 54.5 Å². The van der Waals surface area contributed by atoms with Gasteiger partial charge in [0.05, 0.1) is 6.10 Å². The molecule has 0 bridgehead atoms. The Morgan fingerprint density at radius 3 is 2.68 bits per heavy atom. The lowest BCUT2D eigenvalue weighted by molar-refractivity contribution is 0.102. The van der Waals surface area contributed by atoms with Crippen LogP contribution in [0.4, 0.5) is 5.95 Å². The number of rotatable bonds is 7. The first-order chi connectivity index (χ1) is 10.6. The van der Waals surface area contributed by atoms with Gasteiger partial charge in [-0.2, -0.15) is 0 Å². The molecule has 2 aromatic rings. The maximum Gasteiger partial charge on any atom is 0.258 e. The van der Waals surface area contributed by atoms with Crippen molar-refractivity contribution >= 4 is 11.9 Å². The number of carbonyl (C=O) groups excluding carboxylic acids is 1. The molecule has 1 atom stereocenters. The normalized spacial score (nSPS) is 12.0. The Hall–Kier alpha value is -2.44. The van der Waals surface area contributed by atoms with Gasteiger partial charge in [0.2, 0.25) is 5.95 Å². The number of aromatic nitrogens is 4. The predicted octanol–water partition coefficient (Wildman–Crippen LogP) is 2.51. The van der Waals surface area contributed by atoms with E-state index in [0.29, 0.717) is 18.1 Å². The summed E-state index contributed by atoms with van der Waals surface area (Å²) < 4.78 is 7.25.